The second-order valence-electron chi connectivity index (χ2n) is 27.8. The van der Waals surface area contributed by atoms with Gasteiger partial charge in [0.05, 0.1) is 32.5 Å². The molecule has 8 heterocycles. The van der Waals surface area contributed by atoms with Crippen molar-refractivity contribution in [3.8, 4) is 79.7 Å². The van der Waals surface area contributed by atoms with Gasteiger partial charge in [0.25, 0.3) is 0 Å². The zero-order valence-electron chi connectivity index (χ0n) is 58.5. The summed E-state index contributed by atoms with van der Waals surface area (Å²) in [7, 11) is 0. The molecule has 24 aromatic rings. The molecule has 0 saturated carbocycles. The number of aromatic nitrogens is 8. The van der Waals surface area contributed by atoms with Crippen LogP contribution in [0.2, 0.25) is 0 Å². The van der Waals surface area contributed by atoms with E-state index in [1.807, 2.05) is 163 Å². The van der Waals surface area contributed by atoms with Gasteiger partial charge < -0.3 is 22.4 Å². The zero-order valence-corrected chi connectivity index (χ0v) is 59.4. The van der Waals surface area contributed by atoms with Crippen LogP contribution in [0.3, 0.4) is 0 Å². The van der Waals surface area contributed by atoms with Gasteiger partial charge in [0.15, 0.2) is 40.5 Å². The Balaban J connectivity index is 0.000000132. The van der Waals surface area contributed by atoms with Crippen LogP contribution in [-0.2, 0) is 0 Å². The molecule has 0 spiro atoms. The number of thiophene rings is 1. The standard InChI is InChI=1S/C49H28N4O2.C49H28N4OS/c1-3-14-29(15-4-1)47-50-48(30-16-5-2-6-17-30)52-49(51-47)37-22-13-25-40-42(37)36-27-26-31(28-41(36)54-40)53-38-23-11-9-20-34(38)43-32-18-7-8-19-33(32)44-35-21-10-12-24-39(35)55-46(44)45(43)53;1-3-14-29(15-4-1)47-50-48(30-16-5-2-6-17-30)52-49(51-47)37-22-13-24-39-42(37)35-27-26-31(28-40(35)54-39)53-38-23-11-9-20-34(38)43-32-18-7-8-19-33(32)44-36-21-10-12-25-41(36)55-46(44)45(43)53/h2*1-28H. The fraction of sp³-hybridized carbons (Fsp3) is 0. The lowest BCUT2D eigenvalue weighted by Gasteiger charge is -2.10. The van der Waals surface area contributed by atoms with Crippen molar-refractivity contribution in [3.63, 3.8) is 0 Å². The van der Waals surface area contributed by atoms with Crippen LogP contribution < -0.4 is 0 Å². The first-order valence-electron chi connectivity index (χ1n) is 36.7. The van der Waals surface area contributed by atoms with Crippen molar-refractivity contribution in [2.75, 3.05) is 0 Å². The van der Waals surface area contributed by atoms with Gasteiger partial charge in [0.1, 0.15) is 27.9 Å². The molecule has 0 amide bonds. The van der Waals surface area contributed by atoms with Crippen LogP contribution in [0.4, 0.5) is 0 Å². The van der Waals surface area contributed by atoms with Gasteiger partial charge in [-0.2, -0.15) is 0 Å². The molecule has 12 heteroatoms. The monoisotopic (exact) mass is 1420 g/mol. The Kier molecular flexibility index (Phi) is 13.7. The number of nitrogens with zero attached hydrogens (tertiary/aromatic N) is 8. The topological polar surface area (TPSA) is 127 Å². The predicted octanol–water partition coefficient (Wildman–Crippen LogP) is 26.3. The van der Waals surface area contributed by atoms with E-state index in [-0.39, 0.29) is 0 Å². The quantitative estimate of drug-likeness (QED) is 0.146. The molecular formula is C98H56N8O3S. The van der Waals surface area contributed by atoms with Crippen molar-refractivity contribution in [1.29, 1.82) is 0 Å². The predicted molar refractivity (Wildman–Crippen MR) is 451 cm³/mol. The van der Waals surface area contributed by atoms with Crippen LogP contribution >= 0.6 is 11.3 Å². The molecular weight excluding hydrogens is 1370 g/mol. The largest absolute Gasteiger partial charge is 0.456 e. The summed E-state index contributed by atoms with van der Waals surface area (Å²) in [6, 6.07) is 118. The Morgan fingerprint density at radius 2 is 0.582 bits per heavy atom. The van der Waals surface area contributed by atoms with Crippen molar-refractivity contribution in [1.82, 2.24) is 39.0 Å². The fourth-order valence-electron chi connectivity index (χ4n) is 16.9. The minimum absolute atomic E-state index is 0.589. The Hall–Kier alpha value is -14.7. The number of hydrogen-bond acceptors (Lipinski definition) is 10. The minimum Gasteiger partial charge on any atom is -0.456 e. The van der Waals surface area contributed by atoms with Crippen LogP contribution in [0.15, 0.2) is 353 Å². The third-order valence-corrected chi connectivity index (χ3v) is 22.8. The van der Waals surface area contributed by atoms with Crippen molar-refractivity contribution in [2.45, 2.75) is 0 Å². The molecule has 0 atom stereocenters. The van der Waals surface area contributed by atoms with Gasteiger partial charge >= 0.3 is 0 Å². The summed E-state index contributed by atoms with van der Waals surface area (Å²) in [6.45, 7) is 0. The highest BCUT2D eigenvalue weighted by Crippen LogP contribution is 2.51. The Morgan fingerprint density at radius 1 is 0.227 bits per heavy atom. The summed E-state index contributed by atoms with van der Waals surface area (Å²) < 4.78 is 27.6. The molecule has 0 fully saturated rings. The fourth-order valence-corrected chi connectivity index (χ4v) is 18.2. The molecule has 0 radical (unpaired) electrons. The van der Waals surface area contributed by atoms with Gasteiger partial charge in [-0.15, -0.1) is 11.3 Å². The molecule has 0 aliphatic heterocycles. The van der Waals surface area contributed by atoms with E-state index < -0.39 is 0 Å². The van der Waals surface area contributed by atoms with Crippen molar-refractivity contribution in [3.05, 3.63) is 340 Å². The normalized spacial score (nSPS) is 12.0. The number of fused-ring (bicyclic) bond motifs is 26. The summed E-state index contributed by atoms with van der Waals surface area (Å²) >= 11 is 1.87. The Labute approximate surface area is 630 Å². The summed E-state index contributed by atoms with van der Waals surface area (Å²) in [5.74, 6) is 3.68. The minimum atomic E-state index is 0.589. The first-order chi connectivity index (χ1) is 54.6. The molecule has 0 bridgehead atoms. The third-order valence-electron chi connectivity index (χ3n) is 21.7. The van der Waals surface area contributed by atoms with E-state index in [0.29, 0.717) is 34.9 Å². The number of para-hydroxylation sites is 3. The first-order valence-corrected chi connectivity index (χ1v) is 37.5. The third kappa shape index (κ3) is 9.49. The molecule has 16 aromatic carbocycles. The van der Waals surface area contributed by atoms with Crippen molar-refractivity contribution >= 4 is 162 Å². The number of hydrogen-bond donors (Lipinski definition) is 0. The maximum absolute atomic E-state index is 6.79. The van der Waals surface area contributed by atoms with Crippen molar-refractivity contribution < 1.29 is 13.3 Å². The molecule has 0 saturated heterocycles. The molecule has 0 unspecified atom stereocenters. The highest BCUT2D eigenvalue weighted by molar-refractivity contribution is 7.27. The summed E-state index contributed by atoms with van der Waals surface area (Å²) in [5.41, 5.74) is 16.9. The number of rotatable bonds is 8. The van der Waals surface area contributed by atoms with E-state index in [4.69, 9.17) is 43.2 Å². The molecule has 11 nitrogen and oxygen atoms in total. The summed E-state index contributed by atoms with van der Waals surface area (Å²) in [4.78, 5) is 30.1. The van der Waals surface area contributed by atoms with Gasteiger partial charge in [-0.1, -0.05) is 267 Å². The van der Waals surface area contributed by atoms with Crippen LogP contribution in [0, 0.1) is 0 Å². The molecule has 24 rings (SSSR count). The van der Waals surface area contributed by atoms with E-state index in [1.165, 1.54) is 68.8 Å². The van der Waals surface area contributed by atoms with Gasteiger partial charge in [-0.25, -0.2) is 29.9 Å². The van der Waals surface area contributed by atoms with Crippen LogP contribution in [0.25, 0.3) is 231 Å². The Bertz CT molecular complexity index is 7330. The van der Waals surface area contributed by atoms with Crippen LogP contribution in [0.1, 0.15) is 0 Å². The smallest absolute Gasteiger partial charge is 0.164 e. The average Bonchev–Trinajstić information content (AvgIpc) is 1.54. The maximum atomic E-state index is 6.79. The van der Waals surface area contributed by atoms with Crippen LogP contribution in [0.5, 0.6) is 0 Å². The molecule has 0 aliphatic rings. The lowest BCUT2D eigenvalue weighted by molar-refractivity contribution is 0.668. The lowest BCUT2D eigenvalue weighted by atomic mass is 9.99. The Morgan fingerprint density at radius 3 is 1.06 bits per heavy atom. The second kappa shape index (κ2) is 24.4. The molecule has 512 valence electrons. The van der Waals surface area contributed by atoms with Gasteiger partial charge in [0, 0.05) is 121 Å². The SMILES string of the molecule is c1ccc(-c2nc(-c3ccccc3)nc(-c3cccc4oc5cc(-n6c7ccccc7c7c8ccccc8c8c9ccccc9oc8c76)ccc5c34)n2)cc1.c1ccc(-c2nc(-c3ccccc3)nc(-c3cccc4oc5cc(-n6c7ccccc7c7c8ccccc8c8c9ccccc9sc8c76)ccc5c34)n2)cc1. The molecule has 8 aromatic heterocycles. The molecule has 0 aliphatic carbocycles. The summed E-state index contributed by atoms with van der Waals surface area (Å²) in [6.07, 6.45) is 0. The van der Waals surface area contributed by atoms with Gasteiger partial charge in [-0.05, 0) is 82.2 Å². The number of furan rings is 3. The average molecular weight is 1430 g/mol. The zero-order chi connectivity index (χ0) is 72.1. The molecule has 0 N–H and O–H groups in total. The molecule has 110 heavy (non-hydrogen) atoms. The second-order valence-corrected chi connectivity index (χ2v) is 28.9. The maximum Gasteiger partial charge on any atom is 0.164 e. The van der Waals surface area contributed by atoms with E-state index in [1.54, 1.807) is 0 Å². The van der Waals surface area contributed by atoms with E-state index in [0.717, 1.165) is 127 Å². The van der Waals surface area contributed by atoms with E-state index in [9.17, 15) is 0 Å². The highest BCUT2D eigenvalue weighted by atomic mass is 32.1. The number of benzene rings is 16. The summed E-state index contributed by atoms with van der Waals surface area (Å²) in [5, 5.41) is 18.5. The van der Waals surface area contributed by atoms with Gasteiger partial charge in [-0.3, -0.25) is 0 Å². The van der Waals surface area contributed by atoms with E-state index >= 15 is 0 Å². The first kappa shape index (κ1) is 61.6. The highest BCUT2D eigenvalue weighted by Gasteiger charge is 2.27. The van der Waals surface area contributed by atoms with Crippen LogP contribution in [-0.4, -0.2) is 39.0 Å². The van der Waals surface area contributed by atoms with Gasteiger partial charge in [0.2, 0.25) is 0 Å². The van der Waals surface area contributed by atoms with E-state index in [2.05, 4.69) is 197 Å². The lowest BCUT2D eigenvalue weighted by Crippen LogP contribution is -2.00. The van der Waals surface area contributed by atoms with Crippen molar-refractivity contribution in [2.24, 2.45) is 0 Å².